The predicted molar refractivity (Wildman–Crippen MR) is 110 cm³/mol. The number of hydrogen-bond donors (Lipinski definition) is 1. The van der Waals surface area contributed by atoms with Crippen LogP contribution in [0.3, 0.4) is 0 Å². The fourth-order valence-electron chi connectivity index (χ4n) is 7.41. The maximum atomic E-state index is 10.6. The fraction of sp³-hybridized carbons (Fsp3) is 0.640. The van der Waals surface area contributed by atoms with Crippen LogP contribution in [0.15, 0.2) is 42.3 Å². The van der Waals surface area contributed by atoms with Gasteiger partial charge in [0.15, 0.2) is 0 Å². The van der Waals surface area contributed by atoms with Crippen LogP contribution in [0.2, 0.25) is 0 Å². The van der Waals surface area contributed by atoms with Crippen molar-refractivity contribution in [3.63, 3.8) is 0 Å². The highest BCUT2D eigenvalue weighted by atomic mass is 16.3. The zero-order chi connectivity index (χ0) is 18.9. The lowest BCUT2D eigenvalue weighted by Gasteiger charge is -2.59. The number of allylic oxidation sites excluding steroid dienone is 3. The van der Waals surface area contributed by atoms with Gasteiger partial charge in [0.1, 0.15) is 0 Å². The van der Waals surface area contributed by atoms with Crippen LogP contribution in [-0.4, -0.2) is 15.7 Å². The second kappa shape index (κ2) is 5.80. The summed E-state index contributed by atoms with van der Waals surface area (Å²) in [5, 5.41) is 10.6. The van der Waals surface area contributed by atoms with Gasteiger partial charge in [0.05, 0.1) is 5.60 Å². The number of nitrogens with zero attached hydrogens (tertiary/aromatic N) is 1. The van der Waals surface area contributed by atoms with Gasteiger partial charge in [-0.25, -0.2) is 0 Å². The molecule has 0 saturated heterocycles. The normalized spacial score (nSPS) is 46.0. The molecule has 1 N–H and O–H groups in total. The fourth-order valence-corrected chi connectivity index (χ4v) is 7.41. The van der Waals surface area contributed by atoms with Gasteiger partial charge in [0, 0.05) is 12.4 Å². The van der Waals surface area contributed by atoms with Crippen molar-refractivity contribution in [2.45, 2.75) is 71.3 Å². The Hall–Kier alpha value is -1.41. The van der Waals surface area contributed by atoms with Gasteiger partial charge < -0.3 is 5.11 Å². The monoisotopic (exact) mass is 363 g/mol. The Balaban J connectivity index is 1.47. The van der Waals surface area contributed by atoms with Gasteiger partial charge in [-0.3, -0.25) is 4.98 Å². The molecule has 144 valence electrons. The highest BCUT2D eigenvalue weighted by Gasteiger charge is 2.57. The summed E-state index contributed by atoms with van der Waals surface area (Å²) in [6.07, 6.45) is 17.1. The molecule has 0 spiro atoms. The van der Waals surface area contributed by atoms with Gasteiger partial charge in [-0.15, -0.1) is 0 Å². The van der Waals surface area contributed by atoms with Gasteiger partial charge in [0.2, 0.25) is 0 Å². The van der Waals surface area contributed by atoms with Gasteiger partial charge in [0.25, 0.3) is 0 Å². The van der Waals surface area contributed by atoms with Crippen molar-refractivity contribution < 1.29 is 5.11 Å². The number of pyridine rings is 1. The lowest BCUT2D eigenvalue weighted by molar-refractivity contribution is -0.0379. The molecule has 5 rings (SSSR count). The molecule has 1 heterocycles. The quantitative estimate of drug-likeness (QED) is 0.641. The average molecular weight is 364 g/mol. The van der Waals surface area contributed by atoms with E-state index in [0.717, 1.165) is 30.6 Å². The summed E-state index contributed by atoms with van der Waals surface area (Å²) in [5.41, 5.74) is 4.47. The van der Waals surface area contributed by atoms with E-state index in [1.807, 2.05) is 13.1 Å². The number of fused-ring (bicyclic) bond motifs is 5. The van der Waals surface area contributed by atoms with E-state index in [2.05, 4.69) is 49.3 Å². The maximum Gasteiger partial charge on any atom is 0.0802 e. The molecule has 2 heteroatoms. The molecule has 2 fully saturated rings. The average Bonchev–Trinajstić information content (AvgIpc) is 3.00. The van der Waals surface area contributed by atoms with Crippen molar-refractivity contribution in [3.05, 3.63) is 47.8 Å². The van der Waals surface area contributed by atoms with Crippen molar-refractivity contribution in [1.82, 2.24) is 4.98 Å². The van der Waals surface area contributed by atoms with E-state index in [4.69, 9.17) is 0 Å². The molecule has 2 nitrogen and oxygen atoms in total. The van der Waals surface area contributed by atoms with E-state index >= 15 is 0 Å². The molecule has 4 aliphatic rings. The SMILES string of the molecule is CC1(O)C=C2CCC3C(CC[C@]4(C)C(c5cccnc5)=CCC34)[C@@]2(C)CC1. The number of rotatable bonds is 1. The lowest BCUT2D eigenvalue weighted by atomic mass is 9.46. The minimum Gasteiger partial charge on any atom is -0.386 e. The summed E-state index contributed by atoms with van der Waals surface area (Å²) in [6, 6.07) is 4.32. The number of aromatic nitrogens is 1. The Morgan fingerprint density at radius 3 is 2.67 bits per heavy atom. The molecule has 27 heavy (non-hydrogen) atoms. The first-order chi connectivity index (χ1) is 12.8. The Labute approximate surface area is 163 Å². The second-order valence-corrected chi connectivity index (χ2v) is 10.4. The topological polar surface area (TPSA) is 33.1 Å². The third-order valence-electron chi connectivity index (χ3n) is 8.93. The molecule has 6 atom stereocenters. The van der Waals surface area contributed by atoms with Crippen molar-refractivity contribution in [3.8, 4) is 0 Å². The minimum absolute atomic E-state index is 0.307. The van der Waals surface area contributed by atoms with Crippen molar-refractivity contribution >= 4 is 5.57 Å². The Morgan fingerprint density at radius 2 is 1.89 bits per heavy atom. The molecule has 0 aromatic carbocycles. The predicted octanol–water partition coefficient (Wildman–Crippen LogP) is 5.79. The first-order valence-corrected chi connectivity index (χ1v) is 10.9. The van der Waals surface area contributed by atoms with Gasteiger partial charge in [-0.05, 0) is 97.7 Å². The third-order valence-corrected chi connectivity index (χ3v) is 8.93. The number of hydrogen-bond acceptors (Lipinski definition) is 2. The van der Waals surface area contributed by atoms with Crippen LogP contribution in [0.25, 0.3) is 5.57 Å². The molecule has 0 radical (unpaired) electrons. The highest BCUT2D eigenvalue weighted by molar-refractivity contribution is 5.72. The van der Waals surface area contributed by atoms with Crippen molar-refractivity contribution in [2.24, 2.45) is 28.6 Å². The smallest absolute Gasteiger partial charge is 0.0802 e. The van der Waals surface area contributed by atoms with Crippen LogP contribution in [0.1, 0.15) is 71.3 Å². The van der Waals surface area contributed by atoms with E-state index in [9.17, 15) is 5.11 Å². The van der Waals surface area contributed by atoms with Crippen LogP contribution in [0.5, 0.6) is 0 Å². The molecule has 0 bridgehead atoms. The van der Waals surface area contributed by atoms with Gasteiger partial charge in [-0.1, -0.05) is 37.6 Å². The van der Waals surface area contributed by atoms with E-state index in [0.29, 0.717) is 10.8 Å². The molecule has 0 amide bonds. The lowest BCUT2D eigenvalue weighted by Crippen LogP contribution is -2.51. The summed E-state index contributed by atoms with van der Waals surface area (Å²) in [6.45, 7) is 7.03. The molecule has 4 unspecified atom stereocenters. The molecule has 4 aliphatic carbocycles. The van der Waals surface area contributed by atoms with Gasteiger partial charge in [-0.2, -0.15) is 0 Å². The van der Waals surface area contributed by atoms with Crippen LogP contribution in [0.4, 0.5) is 0 Å². The molecular formula is C25H33NO. The van der Waals surface area contributed by atoms with E-state index in [-0.39, 0.29) is 0 Å². The molecule has 0 aliphatic heterocycles. The van der Waals surface area contributed by atoms with Crippen LogP contribution in [-0.2, 0) is 0 Å². The summed E-state index contributed by atoms with van der Waals surface area (Å²) < 4.78 is 0. The minimum atomic E-state index is -0.590. The van der Waals surface area contributed by atoms with E-state index in [1.165, 1.54) is 37.7 Å². The zero-order valence-electron chi connectivity index (χ0n) is 17.0. The largest absolute Gasteiger partial charge is 0.386 e. The number of aliphatic hydroxyl groups is 1. The summed E-state index contributed by atoms with van der Waals surface area (Å²) in [7, 11) is 0. The van der Waals surface area contributed by atoms with E-state index in [1.54, 1.807) is 11.1 Å². The third kappa shape index (κ3) is 2.52. The molecular weight excluding hydrogens is 330 g/mol. The standard InChI is InChI=1S/C25H33NO/c1-23(27)12-13-24(2)18(15-23)6-7-19-21-9-8-20(17-5-4-14-26-16-17)25(21,3)11-10-22(19)24/h4-5,8,14-16,19,21-22,27H,6-7,9-13H2,1-3H3/t19?,21?,22?,23?,24-,25+/m0/s1. The molecule has 1 aromatic heterocycles. The van der Waals surface area contributed by atoms with Crippen molar-refractivity contribution in [2.75, 3.05) is 0 Å². The highest BCUT2D eigenvalue weighted by Crippen LogP contribution is 2.67. The Kier molecular flexibility index (Phi) is 3.79. The Bertz CT molecular complexity index is 807. The summed E-state index contributed by atoms with van der Waals surface area (Å²) in [5.74, 6) is 2.37. The Morgan fingerprint density at radius 1 is 1.04 bits per heavy atom. The second-order valence-electron chi connectivity index (χ2n) is 10.4. The van der Waals surface area contributed by atoms with Crippen molar-refractivity contribution in [1.29, 1.82) is 0 Å². The first kappa shape index (κ1) is 17.7. The zero-order valence-corrected chi connectivity index (χ0v) is 17.0. The van der Waals surface area contributed by atoms with Crippen LogP contribution in [0, 0.1) is 28.6 Å². The molecule has 2 saturated carbocycles. The maximum absolute atomic E-state index is 10.6. The summed E-state index contributed by atoms with van der Waals surface area (Å²) in [4.78, 5) is 4.39. The molecule has 1 aromatic rings. The van der Waals surface area contributed by atoms with E-state index < -0.39 is 5.60 Å². The van der Waals surface area contributed by atoms with Crippen LogP contribution >= 0.6 is 0 Å². The first-order valence-electron chi connectivity index (χ1n) is 10.9. The van der Waals surface area contributed by atoms with Crippen LogP contribution < -0.4 is 0 Å². The summed E-state index contributed by atoms with van der Waals surface area (Å²) >= 11 is 0. The van der Waals surface area contributed by atoms with Gasteiger partial charge >= 0.3 is 0 Å².